The Labute approximate surface area is 106 Å². The number of carbonyl (C=O) groups is 1. The Bertz CT molecular complexity index is 412. The van der Waals surface area contributed by atoms with Crippen molar-refractivity contribution in [3.05, 3.63) is 23.0 Å². The summed E-state index contributed by atoms with van der Waals surface area (Å²) in [6, 6.07) is 2.18. The topological polar surface area (TPSA) is 60.0 Å². The van der Waals surface area contributed by atoms with E-state index in [9.17, 15) is 4.79 Å². The van der Waals surface area contributed by atoms with Gasteiger partial charge in [-0.25, -0.2) is 0 Å². The van der Waals surface area contributed by atoms with Gasteiger partial charge in [0.2, 0.25) is 0 Å². The summed E-state index contributed by atoms with van der Waals surface area (Å²) in [7, 11) is 0. The second kappa shape index (κ2) is 5.10. The molecule has 1 saturated carbocycles. The van der Waals surface area contributed by atoms with Crippen molar-refractivity contribution in [1.29, 1.82) is 0 Å². The average Bonchev–Trinajstić information content (AvgIpc) is 3.09. The zero-order chi connectivity index (χ0) is 12.4. The van der Waals surface area contributed by atoms with E-state index in [0.29, 0.717) is 23.3 Å². The van der Waals surface area contributed by atoms with Crippen LogP contribution in [0.15, 0.2) is 12.3 Å². The van der Waals surface area contributed by atoms with Crippen molar-refractivity contribution in [2.45, 2.75) is 38.3 Å². The van der Waals surface area contributed by atoms with Crippen molar-refractivity contribution in [3.8, 4) is 0 Å². The Morgan fingerprint density at radius 1 is 1.71 bits per heavy atom. The van der Waals surface area contributed by atoms with Crippen LogP contribution in [0, 0.1) is 0 Å². The van der Waals surface area contributed by atoms with Crippen LogP contribution in [-0.2, 0) is 0 Å². The van der Waals surface area contributed by atoms with Gasteiger partial charge < -0.3 is 15.6 Å². The third-order valence-corrected chi connectivity index (χ3v) is 3.24. The van der Waals surface area contributed by atoms with Crippen LogP contribution >= 0.6 is 11.6 Å². The minimum Gasteiger partial charge on any atom is -0.349 e. The standard InChI is InChI=1S/C12H18ClN3O/c1-2-9(14)6-15-12(17)11-5-8(13)7-16(11)10-3-4-10/h5,7,9-10H,2-4,6,14H2,1H3,(H,15,17). The van der Waals surface area contributed by atoms with E-state index in [0.717, 1.165) is 19.3 Å². The van der Waals surface area contributed by atoms with Gasteiger partial charge in [0.05, 0.1) is 5.02 Å². The molecule has 1 fully saturated rings. The lowest BCUT2D eigenvalue weighted by Crippen LogP contribution is -2.37. The van der Waals surface area contributed by atoms with Crippen LogP contribution in [0.2, 0.25) is 5.02 Å². The van der Waals surface area contributed by atoms with Gasteiger partial charge in [-0.3, -0.25) is 4.79 Å². The third-order valence-electron chi connectivity index (χ3n) is 3.04. The summed E-state index contributed by atoms with van der Waals surface area (Å²) in [5.74, 6) is -0.0901. The van der Waals surface area contributed by atoms with Crippen molar-refractivity contribution in [2.24, 2.45) is 5.73 Å². The summed E-state index contributed by atoms with van der Waals surface area (Å²) < 4.78 is 1.97. The van der Waals surface area contributed by atoms with Crippen LogP contribution in [0.1, 0.15) is 42.7 Å². The lowest BCUT2D eigenvalue weighted by molar-refractivity contribution is 0.0941. The van der Waals surface area contributed by atoms with E-state index in [1.54, 1.807) is 6.07 Å². The minimum atomic E-state index is -0.0901. The first kappa shape index (κ1) is 12.5. The first-order chi connectivity index (χ1) is 8.11. The number of nitrogens with two attached hydrogens (primary N) is 1. The molecule has 1 aliphatic rings. The maximum Gasteiger partial charge on any atom is 0.268 e. The predicted octanol–water partition coefficient (Wildman–Crippen LogP) is 1.94. The van der Waals surface area contributed by atoms with Crippen molar-refractivity contribution in [1.82, 2.24) is 9.88 Å². The Kier molecular flexibility index (Phi) is 3.74. The van der Waals surface area contributed by atoms with Crippen molar-refractivity contribution in [2.75, 3.05) is 6.54 Å². The lowest BCUT2D eigenvalue weighted by atomic mass is 10.2. The molecule has 1 heterocycles. The van der Waals surface area contributed by atoms with Gasteiger partial charge in [-0.15, -0.1) is 0 Å². The van der Waals surface area contributed by atoms with E-state index in [1.165, 1.54) is 0 Å². The molecule has 1 aromatic heterocycles. The molecule has 5 heteroatoms. The number of hydrogen-bond donors (Lipinski definition) is 2. The number of halogens is 1. The molecular weight excluding hydrogens is 238 g/mol. The normalized spacial score (nSPS) is 16.9. The van der Waals surface area contributed by atoms with Crippen LogP contribution in [0.5, 0.6) is 0 Å². The van der Waals surface area contributed by atoms with Crippen molar-refractivity contribution < 1.29 is 4.79 Å². The fraction of sp³-hybridized carbons (Fsp3) is 0.583. The second-order valence-electron chi connectivity index (χ2n) is 4.56. The molecule has 0 radical (unpaired) electrons. The third kappa shape index (κ3) is 3.01. The summed E-state index contributed by atoms with van der Waals surface area (Å²) in [5, 5.41) is 3.46. The maximum absolute atomic E-state index is 12.0. The molecule has 1 aliphatic carbocycles. The number of nitrogens with zero attached hydrogens (tertiary/aromatic N) is 1. The van der Waals surface area contributed by atoms with Crippen LogP contribution in [0.25, 0.3) is 0 Å². The zero-order valence-corrected chi connectivity index (χ0v) is 10.7. The van der Waals surface area contributed by atoms with E-state index in [-0.39, 0.29) is 11.9 Å². The summed E-state index contributed by atoms with van der Waals surface area (Å²) in [6.07, 6.45) is 4.93. The van der Waals surface area contributed by atoms with Gasteiger partial charge in [0.25, 0.3) is 5.91 Å². The highest BCUT2D eigenvalue weighted by Gasteiger charge is 2.27. The molecule has 0 saturated heterocycles. The van der Waals surface area contributed by atoms with Gasteiger partial charge >= 0.3 is 0 Å². The molecule has 4 nitrogen and oxygen atoms in total. The van der Waals surface area contributed by atoms with Gasteiger partial charge in [-0.05, 0) is 25.3 Å². The first-order valence-corrected chi connectivity index (χ1v) is 6.40. The summed E-state index contributed by atoms with van der Waals surface area (Å²) >= 11 is 5.95. The summed E-state index contributed by atoms with van der Waals surface area (Å²) in [4.78, 5) is 12.0. The van der Waals surface area contributed by atoms with Crippen molar-refractivity contribution >= 4 is 17.5 Å². The number of nitrogens with one attached hydrogen (secondary N) is 1. The van der Waals surface area contributed by atoms with Gasteiger partial charge in [0.15, 0.2) is 0 Å². The quantitative estimate of drug-likeness (QED) is 0.845. The highest BCUT2D eigenvalue weighted by molar-refractivity contribution is 6.31. The largest absolute Gasteiger partial charge is 0.349 e. The van der Waals surface area contributed by atoms with E-state index in [2.05, 4.69) is 5.32 Å². The Morgan fingerprint density at radius 2 is 2.41 bits per heavy atom. The minimum absolute atomic E-state index is 0.0127. The Hall–Kier alpha value is -1.00. The fourth-order valence-electron chi connectivity index (χ4n) is 1.74. The highest BCUT2D eigenvalue weighted by atomic mass is 35.5. The fourth-order valence-corrected chi connectivity index (χ4v) is 1.95. The molecule has 0 spiro atoms. The molecule has 17 heavy (non-hydrogen) atoms. The summed E-state index contributed by atoms with van der Waals surface area (Å²) in [5.41, 5.74) is 6.41. The molecule has 0 bridgehead atoms. The predicted molar refractivity (Wildman–Crippen MR) is 68.3 cm³/mol. The monoisotopic (exact) mass is 255 g/mol. The molecule has 0 aliphatic heterocycles. The number of hydrogen-bond acceptors (Lipinski definition) is 2. The van der Waals surface area contributed by atoms with Crippen LogP contribution in [0.3, 0.4) is 0 Å². The molecule has 0 aromatic carbocycles. The van der Waals surface area contributed by atoms with Crippen LogP contribution < -0.4 is 11.1 Å². The summed E-state index contributed by atoms with van der Waals surface area (Å²) in [6.45, 7) is 2.50. The van der Waals surface area contributed by atoms with Crippen LogP contribution in [-0.4, -0.2) is 23.1 Å². The van der Waals surface area contributed by atoms with Gasteiger partial charge in [-0.1, -0.05) is 18.5 Å². The van der Waals surface area contributed by atoms with Gasteiger partial charge in [0.1, 0.15) is 5.69 Å². The smallest absolute Gasteiger partial charge is 0.268 e. The molecule has 3 N–H and O–H groups in total. The molecule has 1 unspecified atom stereocenters. The number of rotatable bonds is 5. The first-order valence-electron chi connectivity index (χ1n) is 6.03. The van der Waals surface area contributed by atoms with E-state index in [4.69, 9.17) is 17.3 Å². The Morgan fingerprint density at radius 3 is 3.00 bits per heavy atom. The zero-order valence-electron chi connectivity index (χ0n) is 9.95. The molecule has 1 amide bonds. The van der Waals surface area contributed by atoms with E-state index >= 15 is 0 Å². The molecule has 1 aromatic rings. The van der Waals surface area contributed by atoms with Crippen LogP contribution in [0.4, 0.5) is 0 Å². The SMILES string of the molecule is CCC(N)CNC(=O)c1cc(Cl)cn1C1CC1. The van der Waals surface area contributed by atoms with Gasteiger partial charge in [0, 0.05) is 24.8 Å². The number of aromatic nitrogens is 1. The van der Waals surface area contributed by atoms with E-state index in [1.807, 2.05) is 17.7 Å². The maximum atomic E-state index is 12.0. The molecule has 94 valence electrons. The lowest BCUT2D eigenvalue weighted by Gasteiger charge is -2.11. The van der Waals surface area contributed by atoms with E-state index < -0.39 is 0 Å². The number of carbonyl (C=O) groups excluding carboxylic acids is 1. The highest BCUT2D eigenvalue weighted by Crippen LogP contribution is 2.37. The van der Waals surface area contributed by atoms with Crippen molar-refractivity contribution in [3.63, 3.8) is 0 Å². The average molecular weight is 256 g/mol. The second-order valence-corrected chi connectivity index (χ2v) is 5.00. The molecular formula is C12H18ClN3O. The molecule has 1 atom stereocenters. The number of amides is 1. The van der Waals surface area contributed by atoms with Gasteiger partial charge in [-0.2, -0.15) is 0 Å². The Balaban J connectivity index is 2.03. The molecule has 2 rings (SSSR count).